The Bertz CT molecular complexity index is 805. The summed E-state index contributed by atoms with van der Waals surface area (Å²) in [6.07, 6.45) is 1.69. The third-order valence-electron chi connectivity index (χ3n) is 5.37. The minimum Gasteiger partial charge on any atom is -0.497 e. The Kier molecular flexibility index (Phi) is 4.77. The highest BCUT2D eigenvalue weighted by Gasteiger charge is 2.34. The Labute approximate surface area is 158 Å². The second-order valence-corrected chi connectivity index (χ2v) is 7.44. The van der Waals surface area contributed by atoms with Crippen molar-refractivity contribution in [1.82, 2.24) is 4.90 Å². The van der Waals surface area contributed by atoms with E-state index < -0.39 is 0 Å². The third-order valence-corrected chi connectivity index (χ3v) is 5.60. The summed E-state index contributed by atoms with van der Waals surface area (Å²) in [5.74, 6) is 2.14. The second-order valence-electron chi connectivity index (χ2n) is 7.01. The van der Waals surface area contributed by atoms with Gasteiger partial charge in [0, 0.05) is 24.0 Å². The maximum atomic E-state index is 13.0. The number of ether oxygens (including phenoxy) is 2. The summed E-state index contributed by atoms with van der Waals surface area (Å²) in [6.45, 7) is 2.01. The first-order valence-corrected chi connectivity index (χ1v) is 9.36. The van der Waals surface area contributed by atoms with Gasteiger partial charge < -0.3 is 14.4 Å². The number of hydrogen-bond donors (Lipinski definition) is 0. The Morgan fingerprint density at radius 1 is 1.23 bits per heavy atom. The van der Waals surface area contributed by atoms with Crippen molar-refractivity contribution in [3.63, 3.8) is 0 Å². The quantitative estimate of drug-likeness (QED) is 0.821. The highest BCUT2D eigenvalue weighted by atomic mass is 35.5. The van der Waals surface area contributed by atoms with Gasteiger partial charge in [-0.2, -0.15) is 0 Å². The van der Waals surface area contributed by atoms with E-state index in [4.69, 9.17) is 21.1 Å². The van der Waals surface area contributed by atoms with Gasteiger partial charge in [0.2, 0.25) is 5.91 Å². The molecule has 4 rings (SSSR count). The van der Waals surface area contributed by atoms with Crippen molar-refractivity contribution >= 4 is 17.5 Å². The molecule has 0 aromatic heterocycles. The van der Waals surface area contributed by atoms with E-state index in [1.165, 1.54) is 5.56 Å². The molecule has 0 spiro atoms. The SMILES string of the molecule is COc1ccc(C2CCN(C(=O)C3COc4ccc(Cl)cc4C3)C2)cc1. The van der Waals surface area contributed by atoms with Gasteiger partial charge in [-0.3, -0.25) is 4.79 Å². The fraction of sp³-hybridized carbons (Fsp3) is 0.381. The number of benzene rings is 2. The molecule has 1 fully saturated rings. The lowest BCUT2D eigenvalue weighted by Gasteiger charge is -2.28. The molecule has 0 N–H and O–H groups in total. The molecule has 0 aliphatic carbocycles. The number of amides is 1. The molecule has 0 saturated carbocycles. The standard InChI is InChI=1S/C21H22ClNO3/c1-25-19-5-2-14(3-6-19)15-8-9-23(12-15)21(24)17-10-16-11-18(22)4-7-20(16)26-13-17/h2-7,11,15,17H,8-10,12-13H2,1H3. The molecule has 1 amide bonds. The van der Waals surface area contributed by atoms with Crippen molar-refractivity contribution in [3.8, 4) is 11.5 Å². The zero-order valence-corrected chi connectivity index (χ0v) is 15.5. The van der Waals surface area contributed by atoms with Crippen LogP contribution in [0.15, 0.2) is 42.5 Å². The van der Waals surface area contributed by atoms with Gasteiger partial charge in [0.1, 0.15) is 18.1 Å². The van der Waals surface area contributed by atoms with Gasteiger partial charge in [0.05, 0.1) is 13.0 Å². The fourth-order valence-electron chi connectivity index (χ4n) is 3.89. The molecule has 5 heteroatoms. The number of methoxy groups -OCH3 is 1. The topological polar surface area (TPSA) is 38.8 Å². The van der Waals surface area contributed by atoms with Crippen LogP contribution in [0.1, 0.15) is 23.5 Å². The van der Waals surface area contributed by atoms with Gasteiger partial charge in [-0.1, -0.05) is 23.7 Å². The summed E-state index contributed by atoms with van der Waals surface area (Å²) in [5.41, 5.74) is 2.28. The number of hydrogen-bond acceptors (Lipinski definition) is 3. The first-order valence-electron chi connectivity index (χ1n) is 8.98. The fourth-order valence-corrected chi connectivity index (χ4v) is 4.08. The van der Waals surface area contributed by atoms with Gasteiger partial charge in [0.15, 0.2) is 0 Å². The van der Waals surface area contributed by atoms with E-state index in [9.17, 15) is 4.79 Å². The minimum absolute atomic E-state index is 0.129. The molecule has 2 aliphatic rings. The van der Waals surface area contributed by atoms with Crippen LogP contribution < -0.4 is 9.47 Å². The van der Waals surface area contributed by atoms with Gasteiger partial charge in [-0.15, -0.1) is 0 Å². The molecule has 4 nitrogen and oxygen atoms in total. The molecule has 2 aliphatic heterocycles. The number of carbonyl (C=O) groups is 1. The van der Waals surface area contributed by atoms with E-state index in [1.54, 1.807) is 7.11 Å². The summed E-state index contributed by atoms with van der Waals surface area (Å²) in [5, 5.41) is 0.682. The average Bonchev–Trinajstić information content (AvgIpc) is 3.17. The van der Waals surface area contributed by atoms with E-state index in [2.05, 4.69) is 12.1 Å². The van der Waals surface area contributed by atoms with Crippen molar-refractivity contribution in [2.45, 2.75) is 18.8 Å². The summed E-state index contributed by atoms with van der Waals surface area (Å²) in [7, 11) is 1.67. The molecular formula is C21H22ClNO3. The third kappa shape index (κ3) is 3.38. The Morgan fingerprint density at radius 3 is 2.81 bits per heavy atom. The van der Waals surface area contributed by atoms with Gasteiger partial charge >= 0.3 is 0 Å². The molecule has 2 heterocycles. The van der Waals surface area contributed by atoms with Crippen molar-refractivity contribution in [3.05, 3.63) is 58.6 Å². The van der Waals surface area contributed by atoms with Crippen LogP contribution in [0.5, 0.6) is 11.5 Å². The van der Waals surface area contributed by atoms with E-state index >= 15 is 0 Å². The maximum absolute atomic E-state index is 13.0. The largest absolute Gasteiger partial charge is 0.497 e. The second kappa shape index (κ2) is 7.20. The molecule has 26 heavy (non-hydrogen) atoms. The highest BCUT2D eigenvalue weighted by Crippen LogP contribution is 2.33. The van der Waals surface area contributed by atoms with E-state index in [-0.39, 0.29) is 11.8 Å². The Balaban J connectivity index is 1.41. The van der Waals surface area contributed by atoms with Crippen LogP contribution in [0, 0.1) is 5.92 Å². The van der Waals surface area contributed by atoms with Crippen LogP contribution in [0.3, 0.4) is 0 Å². The van der Waals surface area contributed by atoms with Crippen molar-refractivity contribution in [2.24, 2.45) is 5.92 Å². The normalized spacial score (nSPS) is 21.8. The maximum Gasteiger partial charge on any atom is 0.229 e. The monoisotopic (exact) mass is 371 g/mol. The summed E-state index contributed by atoms with van der Waals surface area (Å²) in [6, 6.07) is 13.8. The molecule has 2 unspecified atom stereocenters. The van der Waals surface area contributed by atoms with Crippen LogP contribution in [0.2, 0.25) is 5.02 Å². The van der Waals surface area contributed by atoms with Gasteiger partial charge in [-0.05, 0) is 54.3 Å². The number of likely N-dealkylation sites (tertiary alicyclic amines) is 1. The van der Waals surface area contributed by atoms with Crippen LogP contribution in [-0.4, -0.2) is 37.6 Å². The van der Waals surface area contributed by atoms with Crippen LogP contribution in [-0.2, 0) is 11.2 Å². The number of fused-ring (bicyclic) bond motifs is 1. The van der Waals surface area contributed by atoms with Crippen molar-refractivity contribution in [2.75, 3.05) is 26.8 Å². The van der Waals surface area contributed by atoms with Gasteiger partial charge in [-0.25, -0.2) is 0 Å². The van der Waals surface area contributed by atoms with E-state index in [1.807, 2.05) is 35.2 Å². The van der Waals surface area contributed by atoms with Crippen molar-refractivity contribution < 1.29 is 14.3 Å². The molecule has 136 valence electrons. The van der Waals surface area contributed by atoms with Crippen molar-refractivity contribution in [1.29, 1.82) is 0 Å². The van der Waals surface area contributed by atoms with Crippen LogP contribution in [0.25, 0.3) is 0 Å². The highest BCUT2D eigenvalue weighted by molar-refractivity contribution is 6.30. The molecule has 0 bridgehead atoms. The number of halogens is 1. The van der Waals surface area contributed by atoms with Crippen LogP contribution in [0.4, 0.5) is 0 Å². The lowest BCUT2D eigenvalue weighted by Crippen LogP contribution is -2.39. The summed E-state index contributed by atoms with van der Waals surface area (Å²) < 4.78 is 11.0. The predicted octanol–water partition coefficient (Wildman–Crippen LogP) is 3.92. The molecule has 2 aromatic carbocycles. The summed E-state index contributed by atoms with van der Waals surface area (Å²) in [4.78, 5) is 14.9. The predicted molar refractivity (Wildman–Crippen MR) is 101 cm³/mol. The zero-order chi connectivity index (χ0) is 18.1. The Hall–Kier alpha value is -2.20. The molecule has 0 radical (unpaired) electrons. The minimum atomic E-state index is -0.129. The molecule has 2 aromatic rings. The summed E-state index contributed by atoms with van der Waals surface area (Å²) >= 11 is 6.08. The van der Waals surface area contributed by atoms with E-state index in [0.717, 1.165) is 36.6 Å². The van der Waals surface area contributed by atoms with E-state index in [0.29, 0.717) is 24.0 Å². The van der Waals surface area contributed by atoms with Crippen LogP contribution >= 0.6 is 11.6 Å². The zero-order valence-electron chi connectivity index (χ0n) is 14.8. The molecule has 1 saturated heterocycles. The molecule has 2 atom stereocenters. The number of nitrogens with zero attached hydrogens (tertiary/aromatic N) is 1. The number of carbonyl (C=O) groups excluding carboxylic acids is 1. The first-order chi connectivity index (χ1) is 12.6. The Morgan fingerprint density at radius 2 is 2.04 bits per heavy atom. The smallest absolute Gasteiger partial charge is 0.229 e. The van der Waals surface area contributed by atoms with Gasteiger partial charge in [0.25, 0.3) is 0 Å². The number of rotatable bonds is 3. The average molecular weight is 372 g/mol. The first kappa shape index (κ1) is 17.2. The lowest BCUT2D eigenvalue weighted by atomic mass is 9.95. The lowest BCUT2D eigenvalue weighted by molar-refractivity contribution is -0.135. The molecular weight excluding hydrogens is 350 g/mol.